The standard InChI is InChI=1S/C28H23N7O6/c29-22-23(25(37)24(22)36)30-13-16-2-1-3-17(10-16)14-31-26(38)19-11-20(35-21(34-19)8-9-33-35)27(39)32-12-15-4-6-18(7-5-15)28(40)41/h1-11,30H,12-14,29H2,(H,31,38)(H,32,39)(H,40,41). The van der Waals surface area contributed by atoms with Crippen LogP contribution in [-0.4, -0.2) is 37.5 Å². The molecule has 5 rings (SSSR count). The van der Waals surface area contributed by atoms with Gasteiger partial charge in [-0.05, 0) is 28.8 Å². The van der Waals surface area contributed by atoms with Crippen LogP contribution in [0, 0.1) is 0 Å². The van der Waals surface area contributed by atoms with Crippen LogP contribution in [0.3, 0.4) is 0 Å². The molecule has 0 fully saturated rings. The van der Waals surface area contributed by atoms with Crippen LogP contribution in [0.1, 0.15) is 48.0 Å². The first-order chi connectivity index (χ1) is 19.7. The summed E-state index contributed by atoms with van der Waals surface area (Å²) in [5, 5.41) is 21.6. The zero-order valence-corrected chi connectivity index (χ0v) is 21.4. The number of nitrogens with two attached hydrogens (primary N) is 1. The van der Waals surface area contributed by atoms with Crippen LogP contribution in [0.4, 0.5) is 11.4 Å². The molecular weight excluding hydrogens is 530 g/mol. The maximum atomic E-state index is 13.0. The van der Waals surface area contributed by atoms with Crippen LogP contribution in [0.15, 0.2) is 76.4 Å². The number of amides is 2. The van der Waals surface area contributed by atoms with Crippen LogP contribution in [-0.2, 0) is 19.6 Å². The number of nitrogen functional groups attached to an aromatic ring is 1. The van der Waals surface area contributed by atoms with Crippen LogP contribution >= 0.6 is 0 Å². The second-order valence-electron chi connectivity index (χ2n) is 9.12. The van der Waals surface area contributed by atoms with Crippen LogP contribution in [0.25, 0.3) is 5.65 Å². The summed E-state index contributed by atoms with van der Waals surface area (Å²) in [6.45, 7) is 0.554. The molecule has 0 unspecified atom stereocenters. The third-order valence-electron chi connectivity index (χ3n) is 6.34. The maximum absolute atomic E-state index is 13.0. The third-order valence-corrected chi connectivity index (χ3v) is 6.34. The number of aromatic carboxylic acids is 1. The second kappa shape index (κ2) is 11.1. The van der Waals surface area contributed by atoms with E-state index in [9.17, 15) is 24.0 Å². The number of anilines is 2. The van der Waals surface area contributed by atoms with Crippen molar-refractivity contribution in [3.63, 3.8) is 0 Å². The molecule has 206 valence electrons. The number of carboxylic acid groups (broad SMARTS) is 1. The Morgan fingerprint density at radius 3 is 2.22 bits per heavy atom. The van der Waals surface area contributed by atoms with E-state index in [4.69, 9.17) is 10.8 Å². The molecule has 13 nitrogen and oxygen atoms in total. The summed E-state index contributed by atoms with van der Waals surface area (Å²) in [5.41, 5.74) is 7.05. The lowest BCUT2D eigenvalue weighted by Gasteiger charge is -2.12. The molecule has 0 spiro atoms. The van der Waals surface area contributed by atoms with E-state index in [1.54, 1.807) is 24.3 Å². The highest BCUT2D eigenvalue weighted by Gasteiger charge is 2.19. The topological polar surface area (TPSA) is 198 Å². The maximum Gasteiger partial charge on any atom is 0.335 e. The molecule has 0 atom stereocenters. The van der Waals surface area contributed by atoms with Crippen molar-refractivity contribution in [2.75, 3.05) is 11.1 Å². The van der Waals surface area contributed by atoms with Gasteiger partial charge in [0.05, 0.1) is 11.8 Å². The van der Waals surface area contributed by atoms with Crippen molar-refractivity contribution in [2.45, 2.75) is 19.6 Å². The number of hydrogen-bond acceptors (Lipinski definition) is 9. The Kier molecular flexibility index (Phi) is 7.24. The number of nitrogens with one attached hydrogen (secondary N) is 3. The molecule has 6 N–H and O–H groups in total. The predicted octanol–water partition coefficient (Wildman–Crippen LogP) is 1.08. The van der Waals surface area contributed by atoms with Gasteiger partial charge < -0.3 is 26.8 Å². The third kappa shape index (κ3) is 5.63. The second-order valence-corrected chi connectivity index (χ2v) is 9.12. The Morgan fingerprint density at radius 2 is 1.51 bits per heavy atom. The van der Waals surface area contributed by atoms with E-state index in [2.05, 4.69) is 26.0 Å². The number of nitrogens with zero attached hydrogens (tertiary/aromatic N) is 3. The van der Waals surface area contributed by atoms with Crippen molar-refractivity contribution in [1.82, 2.24) is 25.2 Å². The van der Waals surface area contributed by atoms with Crippen molar-refractivity contribution in [3.05, 3.63) is 121 Å². The lowest BCUT2D eigenvalue weighted by molar-refractivity contribution is 0.0696. The lowest BCUT2D eigenvalue weighted by atomic mass is 10.1. The molecule has 0 aliphatic heterocycles. The van der Waals surface area contributed by atoms with E-state index in [-0.39, 0.29) is 48.0 Å². The highest BCUT2D eigenvalue weighted by atomic mass is 16.4. The molecule has 0 radical (unpaired) electrons. The first kappa shape index (κ1) is 26.7. The van der Waals surface area contributed by atoms with Gasteiger partial charge in [0.2, 0.25) is 0 Å². The van der Waals surface area contributed by atoms with E-state index < -0.39 is 28.6 Å². The van der Waals surface area contributed by atoms with Gasteiger partial charge in [0.1, 0.15) is 22.8 Å². The van der Waals surface area contributed by atoms with E-state index >= 15 is 0 Å². The number of carbonyl (C=O) groups is 3. The van der Waals surface area contributed by atoms with Crippen molar-refractivity contribution in [3.8, 4) is 0 Å². The average Bonchev–Trinajstić information content (AvgIpc) is 3.47. The zero-order valence-electron chi connectivity index (χ0n) is 21.4. The Balaban J connectivity index is 1.24. The zero-order chi connectivity index (χ0) is 29.1. The molecule has 0 saturated heterocycles. The highest BCUT2D eigenvalue weighted by molar-refractivity contribution is 5.98. The Hall–Kier alpha value is -5.85. The van der Waals surface area contributed by atoms with Gasteiger partial charge in [0.15, 0.2) is 5.65 Å². The summed E-state index contributed by atoms with van der Waals surface area (Å²) in [7, 11) is 0. The molecule has 2 amide bonds. The smallest absolute Gasteiger partial charge is 0.335 e. The Bertz CT molecular complexity index is 1870. The van der Waals surface area contributed by atoms with Gasteiger partial charge in [-0.15, -0.1) is 0 Å². The minimum absolute atomic E-state index is 0.0161. The molecule has 0 bridgehead atoms. The van der Waals surface area contributed by atoms with Crippen molar-refractivity contribution < 1.29 is 19.5 Å². The summed E-state index contributed by atoms with van der Waals surface area (Å²) in [4.78, 5) is 64.2. The minimum Gasteiger partial charge on any atom is -0.478 e. The molecule has 13 heteroatoms. The average molecular weight is 554 g/mol. The fraction of sp³-hybridized carbons (Fsp3) is 0.107. The number of benzene rings is 2. The first-order valence-corrected chi connectivity index (χ1v) is 12.3. The summed E-state index contributed by atoms with van der Waals surface area (Å²) in [6.07, 6.45) is 1.46. The summed E-state index contributed by atoms with van der Waals surface area (Å²) >= 11 is 0. The van der Waals surface area contributed by atoms with Gasteiger partial charge in [0.25, 0.3) is 22.7 Å². The summed E-state index contributed by atoms with van der Waals surface area (Å²) in [5.74, 6) is -2.05. The molecule has 2 heterocycles. The summed E-state index contributed by atoms with van der Waals surface area (Å²) in [6, 6.07) is 16.2. The molecule has 0 aliphatic rings. The monoisotopic (exact) mass is 553 g/mol. The molecule has 0 aliphatic carbocycles. The van der Waals surface area contributed by atoms with Crippen molar-refractivity contribution in [1.29, 1.82) is 0 Å². The largest absolute Gasteiger partial charge is 0.478 e. The molecule has 2 aromatic heterocycles. The number of carboxylic acids is 1. The molecule has 41 heavy (non-hydrogen) atoms. The minimum atomic E-state index is -1.04. The molecule has 0 saturated carbocycles. The van der Waals surface area contributed by atoms with E-state index in [1.165, 1.54) is 28.9 Å². The quantitative estimate of drug-likeness (QED) is 0.156. The summed E-state index contributed by atoms with van der Waals surface area (Å²) < 4.78 is 1.32. The van der Waals surface area contributed by atoms with E-state index in [0.29, 0.717) is 11.2 Å². The van der Waals surface area contributed by atoms with Gasteiger partial charge in [-0.1, -0.05) is 36.4 Å². The van der Waals surface area contributed by atoms with Gasteiger partial charge in [-0.3, -0.25) is 19.2 Å². The van der Waals surface area contributed by atoms with Crippen molar-refractivity contribution in [2.24, 2.45) is 0 Å². The lowest BCUT2D eigenvalue weighted by Crippen LogP contribution is -2.36. The number of fused-ring (bicyclic) bond motifs is 1. The number of hydrogen-bond donors (Lipinski definition) is 5. The number of carbonyl (C=O) groups excluding carboxylic acids is 2. The van der Waals surface area contributed by atoms with E-state index in [1.807, 2.05) is 18.2 Å². The fourth-order valence-corrected chi connectivity index (χ4v) is 4.13. The Labute approximate surface area is 231 Å². The van der Waals surface area contributed by atoms with Gasteiger partial charge >= 0.3 is 5.97 Å². The number of aromatic nitrogens is 3. The van der Waals surface area contributed by atoms with Crippen LogP contribution in [0.5, 0.6) is 0 Å². The Morgan fingerprint density at radius 1 is 0.829 bits per heavy atom. The molecule has 5 aromatic rings. The normalized spacial score (nSPS) is 10.9. The van der Waals surface area contributed by atoms with Crippen LogP contribution in [0.2, 0.25) is 0 Å². The highest BCUT2D eigenvalue weighted by Crippen LogP contribution is 2.13. The van der Waals surface area contributed by atoms with Crippen LogP contribution < -0.4 is 32.5 Å². The SMILES string of the molecule is Nc1c(NCc2cccc(CNC(=O)c3cc(C(=O)NCc4ccc(C(=O)O)cc4)n4nccc4n3)c2)c(=O)c1=O. The fourth-order valence-electron chi connectivity index (χ4n) is 4.13. The first-order valence-electron chi connectivity index (χ1n) is 12.3. The predicted molar refractivity (Wildman–Crippen MR) is 148 cm³/mol. The van der Waals surface area contributed by atoms with Gasteiger partial charge in [-0.25, -0.2) is 14.3 Å². The van der Waals surface area contributed by atoms with E-state index in [0.717, 1.165) is 11.1 Å². The molecule has 3 aromatic carbocycles. The molecular formula is C28H23N7O6. The number of rotatable bonds is 10. The van der Waals surface area contributed by atoms with Gasteiger partial charge in [-0.2, -0.15) is 5.10 Å². The van der Waals surface area contributed by atoms with Gasteiger partial charge in [0, 0.05) is 31.8 Å². The van der Waals surface area contributed by atoms with Crippen molar-refractivity contribution >= 4 is 34.8 Å².